The van der Waals surface area contributed by atoms with Gasteiger partial charge in [-0.15, -0.1) is 0 Å². The molecule has 0 saturated carbocycles. The topological polar surface area (TPSA) is 136 Å². The van der Waals surface area contributed by atoms with Gasteiger partial charge in [0.1, 0.15) is 11.6 Å². The molecule has 6 aromatic rings. The molecule has 422 valence electrons. The first-order valence-corrected chi connectivity index (χ1v) is 23.1. The van der Waals surface area contributed by atoms with Crippen LogP contribution in [0.2, 0.25) is 0 Å². The zero-order chi connectivity index (χ0) is 58.5. The van der Waals surface area contributed by atoms with E-state index in [1.807, 2.05) is 20.8 Å². The third-order valence-electron chi connectivity index (χ3n) is 10.4. The van der Waals surface area contributed by atoms with Crippen molar-refractivity contribution in [1.82, 2.24) is 4.90 Å². The van der Waals surface area contributed by atoms with Gasteiger partial charge in [-0.05, 0) is 156 Å². The van der Waals surface area contributed by atoms with Gasteiger partial charge in [-0.25, -0.2) is 31.1 Å². The molecule has 78 heavy (non-hydrogen) atoms. The summed E-state index contributed by atoms with van der Waals surface area (Å²) in [6.45, 7) is 18.8. The second-order valence-corrected chi connectivity index (χ2v) is 15.7. The number of hydrogen-bond donors (Lipinski definition) is 0. The number of nitrogens with zero attached hydrogens (tertiary/aromatic N) is 1. The molecule has 0 bridgehead atoms. The fraction of sp³-hybridized carbons (Fsp3) is 0.267. The van der Waals surface area contributed by atoms with Gasteiger partial charge in [0.05, 0.1) is 55.3 Å². The summed E-state index contributed by atoms with van der Waals surface area (Å²) in [5.74, 6) is -2.29. The average Bonchev–Trinajstić information content (AvgIpc) is 3.41. The zero-order valence-corrected chi connectivity index (χ0v) is 45.4. The molecule has 1 amide bonds. The Bertz CT molecular complexity index is 2880. The van der Waals surface area contributed by atoms with E-state index in [0.29, 0.717) is 46.7 Å². The number of hydrogen-bond acceptors (Lipinski definition) is 11. The molecule has 18 heteroatoms. The summed E-state index contributed by atoms with van der Waals surface area (Å²) < 4.78 is 111. The molecule has 12 nitrogen and oxygen atoms in total. The predicted octanol–water partition coefficient (Wildman–Crippen LogP) is 14.4. The summed E-state index contributed by atoms with van der Waals surface area (Å²) in [5.41, 5.74) is 4.23. The van der Waals surface area contributed by atoms with E-state index in [-0.39, 0.29) is 70.8 Å². The van der Waals surface area contributed by atoms with Gasteiger partial charge in [-0.1, -0.05) is 32.2 Å². The van der Waals surface area contributed by atoms with Crippen LogP contribution in [0.4, 0.5) is 26.3 Å². The highest BCUT2D eigenvalue weighted by molar-refractivity contribution is 5.95. The Labute approximate surface area is 453 Å². The number of rotatable bonds is 14. The maximum absolute atomic E-state index is 13.4. The van der Waals surface area contributed by atoms with Gasteiger partial charge in [0.2, 0.25) is 0 Å². The molecule has 6 rings (SSSR count). The normalized spacial score (nSPS) is 9.53. The number of ether oxygens (including phenoxy) is 7. The molecular weight excluding hydrogens is 1020 g/mol. The Hall–Kier alpha value is -8.54. The van der Waals surface area contributed by atoms with Crippen molar-refractivity contribution >= 4 is 34.6 Å². The van der Waals surface area contributed by atoms with Gasteiger partial charge in [0.25, 0.3) is 5.91 Å². The molecule has 6 aromatic carbocycles. The van der Waals surface area contributed by atoms with Crippen molar-refractivity contribution in [3.05, 3.63) is 191 Å². The van der Waals surface area contributed by atoms with Crippen LogP contribution in [0.5, 0.6) is 34.5 Å². The predicted molar refractivity (Wildman–Crippen MR) is 292 cm³/mol. The van der Waals surface area contributed by atoms with E-state index in [0.717, 1.165) is 17.2 Å². The molecule has 0 aliphatic carbocycles. The van der Waals surface area contributed by atoms with Crippen molar-refractivity contribution in [2.75, 3.05) is 62.9 Å². The fourth-order valence-corrected chi connectivity index (χ4v) is 6.06. The van der Waals surface area contributed by atoms with Crippen molar-refractivity contribution < 1.29 is 78.7 Å². The number of Topliss-reactive ketones (excluding diaryl/α,β-unsaturated/α-hetero) is 2. The van der Waals surface area contributed by atoms with Crippen LogP contribution < -0.4 is 28.4 Å². The third kappa shape index (κ3) is 22.4. The molecular formula is C60H69F6NO11. The Morgan fingerprint density at radius 3 is 1.10 bits per heavy atom. The maximum atomic E-state index is 13.4. The van der Waals surface area contributed by atoms with Crippen molar-refractivity contribution in [3.8, 4) is 34.5 Å². The van der Waals surface area contributed by atoms with E-state index in [2.05, 4.69) is 22.6 Å². The smallest absolute Gasteiger partial charge is 0.337 e. The average molecular weight is 1090 g/mol. The number of halogens is 6. The van der Waals surface area contributed by atoms with Crippen molar-refractivity contribution in [2.45, 2.75) is 49.0 Å². The van der Waals surface area contributed by atoms with Gasteiger partial charge in [0.15, 0.2) is 69.4 Å². The number of benzene rings is 6. The number of ketones is 2. The highest BCUT2D eigenvalue weighted by Crippen LogP contribution is 2.24. The molecule has 0 radical (unpaired) electrons. The van der Waals surface area contributed by atoms with Crippen LogP contribution in [0.25, 0.3) is 11.1 Å². The second-order valence-electron chi connectivity index (χ2n) is 15.7. The van der Waals surface area contributed by atoms with Crippen LogP contribution in [0.3, 0.4) is 0 Å². The molecule has 0 spiro atoms. The molecule has 0 saturated heterocycles. The highest BCUT2D eigenvalue weighted by Gasteiger charge is 2.15. The van der Waals surface area contributed by atoms with Crippen LogP contribution in [0.1, 0.15) is 102 Å². The lowest BCUT2D eigenvalue weighted by molar-refractivity contribution is 0.0599. The lowest BCUT2D eigenvalue weighted by Crippen LogP contribution is -2.30. The first-order chi connectivity index (χ1) is 36.4. The molecule has 0 aliphatic rings. The first-order valence-electron chi connectivity index (χ1n) is 23.1. The summed E-state index contributed by atoms with van der Waals surface area (Å²) in [7, 11) is 9.75. The van der Waals surface area contributed by atoms with Crippen LogP contribution in [-0.4, -0.2) is 91.2 Å². The standard InChI is InChI=1S/C12H16FNO2.2C10H11FO.C9H9FO3.2C9H9FO2.CH4/c1-4-14(5-2)12(15)9-6-7-11(16-3)10(13)8-9;1-7(2)9-6-8(12-3)4-5-10(9)11;1-7(2)8-4-5-9(11)10(6-8)12-3;1-12-8-4-3-6(5-7(8)10)9(11)13-2;2*1-6(11)7-3-4-9(12-2)8(10)5-7;/h6-8H,4-5H2,1-3H3;2*4-6H,1H2,2-3H3;3-5H,1-2H3;2*3-5H,1-2H3;1H4/i13-1;2*11-1;3*10-1;. The minimum Gasteiger partial charge on any atom is -0.497 e. The molecule has 0 aromatic heterocycles. The summed E-state index contributed by atoms with van der Waals surface area (Å²) in [5, 5.41) is 0. The summed E-state index contributed by atoms with van der Waals surface area (Å²) in [6, 6.07) is 25.7. The molecule has 0 atom stereocenters. The summed E-state index contributed by atoms with van der Waals surface area (Å²) in [6.07, 6.45) is 0. The van der Waals surface area contributed by atoms with E-state index >= 15 is 0 Å². The lowest BCUT2D eigenvalue weighted by Gasteiger charge is -2.18. The quantitative estimate of drug-likeness (QED) is 0.0586. The molecule has 0 N–H and O–H groups in total. The third-order valence-corrected chi connectivity index (χ3v) is 10.4. The van der Waals surface area contributed by atoms with Crippen LogP contribution in [0.15, 0.2) is 122 Å². The molecule has 0 unspecified atom stereocenters. The van der Waals surface area contributed by atoms with Gasteiger partial charge >= 0.3 is 5.97 Å². The van der Waals surface area contributed by atoms with Crippen LogP contribution in [-0.2, 0) is 4.74 Å². The van der Waals surface area contributed by atoms with Gasteiger partial charge in [0, 0.05) is 35.3 Å². The van der Waals surface area contributed by atoms with Crippen molar-refractivity contribution in [2.24, 2.45) is 0 Å². The first kappa shape index (κ1) is 69.5. The van der Waals surface area contributed by atoms with Crippen LogP contribution >= 0.6 is 0 Å². The lowest BCUT2D eigenvalue weighted by atomic mass is 10.1. The van der Waals surface area contributed by atoms with Crippen LogP contribution in [0, 0.1) is 34.9 Å². The minimum absolute atomic E-state index is 0. The van der Waals surface area contributed by atoms with Crippen molar-refractivity contribution in [1.29, 1.82) is 0 Å². The Balaban J connectivity index is 0.000000913. The molecule has 0 fully saturated rings. The second kappa shape index (κ2) is 35.7. The Morgan fingerprint density at radius 1 is 0.410 bits per heavy atom. The minimum atomic E-state index is -0.578. The van der Waals surface area contributed by atoms with Gasteiger partial charge in [-0.2, -0.15) is 0 Å². The SMILES string of the molecule is C.C=C(C)c1cc(OC)ccc1[18F].C=C(C)c1ccc([18F])c(OC)c1.CCN(CC)C(=O)c1ccc(OC)c([18F])c1.COC(=O)c1ccc(OC)c([18F])c1.COc1ccc(C(C)=O)cc1[18F].COc1ccc(C(C)=O)cc1[18F]. The van der Waals surface area contributed by atoms with E-state index < -0.39 is 29.2 Å². The summed E-state index contributed by atoms with van der Waals surface area (Å²) >= 11 is 0. The maximum Gasteiger partial charge on any atom is 0.337 e. The largest absolute Gasteiger partial charge is 0.497 e. The monoisotopic (exact) mass is 1090 g/mol. The Morgan fingerprint density at radius 2 is 0.769 bits per heavy atom. The summed E-state index contributed by atoms with van der Waals surface area (Å²) in [4.78, 5) is 46.0. The van der Waals surface area contributed by atoms with Gasteiger partial charge < -0.3 is 38.1 Å². The van der Waals surface area contributed by atoms with E-state index in [4.69, 9.17) is 23.7 Å². The number of methoxy groups -OCH3 is 7. The van der Waals surface area contributed by atoms with E-state index in [9.17, 15) is 45.5 Å². The number of amides is 1. The zero-order valence-electron chi connectivity index (χ0n) is 45.4. The highest BCUT2D eigenvalue weighted by atomic mass is 18.2. The Kier molecular flexibility index (Phi) is 31.8. The number of carbonyl (C=O) groups excluding carboxylic acids is 4. The van der Waals surface area contributed by atoms with E-state index in [1.54, 1.807) is 49.3 Å². The molecule has 0 heterocycles. The number of carbonyl (C=O) groups is 4. The fourth-order valence-electron chi connectivity index (χ4n) is 6.06. The van der Waals surface area contributed by atoms with Gasteiger partial charge in [-0.3, -0.25) is 14.4 Å². The van der Waals surface area contributed by atoms with Crippen molar-refractivity contribution in [3.63, 3.8) is 0 Å². The molecule has 0 aliphatic heterocycles. The number of esters is 1. The van der Waals surface area contributed by atoms with E-state index in [1.165, 1.54) is 129 Å². The number of allylic oxidation sites excluding steroid dienone is 2.